The molecule has 0 aliphatic carbocycles. The van der Waals surface area contributed by atoms with Crippen LogP contribution in [0.5, 0.6) is 0 Å². The predicted octanol–water partition coefficient (Wildman–Crippen LogP) is 2.64. The second-order valence-electron chi connectivity index (χ2n) is 4.52. The second kappa shape index (κ2) is 8.67. The molecule has 22 heavy (non-hydrogen) atoms. The van der Waals surface area contributed by atoms with Gasteiger partial charge in [0.2, 0.25) is 11.8 Å². The van der Waals surface area contributed by atoms with Gasteiger partial charge in [-0.05, 0) is 24.8 Å². The summed E-state index contributed by atoms with van der Waals surface area (Å²) < 4.78 is 39.4. The molecule has 0 spiro atoms. The average Bonchev–Trinajstić information content (AvgIpc) is 2.48. The number of nitrogens with one attached hydrogen (secondary N) is 1. The fourth-order valence-electron chi connectivity index (χ4n) is 1.76. The Kier molecular flexibility index (Phi) is 7.23. The zero-order valence-electron chi connectivity index (χ0n) is 12.3. The Hall–Kier alpha value is -1.70. The lowest BCUT2D eigenvalue weighted by atomic mass is 10.2. The van der Waals surface area contributed by atoms with Crippen molar-refractivity contribution in [2.24, 2.45) is 0 Å². The van der Waals surface area contributed by atoms with Crippen molar-refractivity contribution in [3.63, 3.8) is 0 Å². The van der Waals surface area contributed by atoms with Gasteiger partial charge in [0.15, 0.2) is 17.5 Å². The number of halogens is 3. The van der Waals surface area contributed by atoms with Crippen molar-refractivity contribution in [2.45, 2.75) is 13.3 Å². The first kappa shape index (κ1) is 18.3. The second-order valence-corrected chi connectivity index (χ2v) is 5.39. The van der Waals surface area contributed by atoms with E-state index in [1.165, 1.54) is 16.7 Å². The quantitative estimate of drug-likeness (QED) is 0.780. The minimum absolute atomic E-state index is 0.213. The van der Waals surface area contributed by atoms with E-state index in [4.69, 9.17) is 0 Å². The van der Waals surface area contributed by atoms with Gasteiger partial charge in [-0.2, -0.15) is 11.8 Å². The molecule has 1 N–H and O–H groups in total. The first-order valence-corrected chi connectivity index (χ1v) is 8.00. The third-order valence-corrected chi connectivity index (χ3v) is 3.29. The molecule has 0 unspecified atom stereocenters. The highest BCUT2D eigenvalue weighted by Gasteiger charge is 2.19. The zero-order valence-corrected chi connectivity index (χ0v) is 13.1. The number of anilines is 1. The number of benzene rings is 1. The summed E-state index contributed by atoms with van der Waals surface area (Å²) in [6.07, 6.45) is 2.42. The van der Waals surface area contributed by atoms with Crippen molar-refractivity contribution < 1.29 is 22.8 Å². The number of hydrogen-bond acceptors (Lipinski definition) is 3. The molecule has 0 saturated heterocycles. The lowest BCUT2D eigenvalue weighted by Crippen LogP contribution is -2.39. The van der Waals surface area contributed by atoms with Crippen molar-refractivity contribution in [3.05, 3.63) is 29.6 Å². The van der Waals surface area contributed by atoms with E-state index >= 15 is 0 Å². The number of nitrogens with zero attached hydrogens (tertiary/aromatic N) is 1. The zero-order chi connectivity index (χ0) is 16.7. The van der Waals surface area contributed by atoms with E-state index in [-0.39, 0.29) is 18.2 Å². The van der Waals surface area contributed by atoms with Gasteiger partial charge >= 0.3 is 0 Å². The number of rotatable bonds is 7. The topological polar surface area (TPSA) is 49.4 Å². The van der Waals surface area contributed by atoms with E-state index < -0.39 is 29.0 Å². The van der Waals surface area contributed by atoms with Crippen LogP contribution in [-0.4, -0.2) is 41.8 Å². The fraction of sp³-hybridized carbons (Fsp3) is 0.429. The summed E-state index contributed by atoms with van der Waals surface area (Å²) in [4.78, 5) is 25.0. The van der Waals surface area contributed by atoms with Crippen molar-refractivity contribution in [3.8, 4) is 0 Å². The minimum atomic E-state index is -1.65. The molecule has 0 aliphatic rings. The van der Waals surface area contributed by atoms with Gasteiger partial charge in [0, 0.05) is 6.54 Å². The summed E-state index contributed by atoms with van der Waals surface area (Å²) in [5.74, 6) is -5.11. The van der Waals surface area contributed by atoms with Crippen LogP contribution in [0.3, 0.4) is 0 Å². The highest BCUT2D eigenvalue weighted by Crippen LogP contribution is 2.19. The molecule has 0 aliphatic heterocycles. The van der Waals surface area contributed by atoms with E-state index in [9.17, 15) is 22.8 Å². The molecule has 0 atom stereocenters. The maximum Gasteiger partial charge on any atom is 0.244 e. The van der Waals surface area contributed by atoms with Crippen molar-refractivity contribution in [2.75, 3.05) is 30.4 Å². The average molecular weight is 334 g/mol. The molecule has 2 amide bonds. The van der Waals surface area contributed by atoms with Crippen LogP contribution < -0.4 is 5.32 Å². The minimum Gasteiger partial charge on any atom is -0.333 e. The standard InChI is InChI=1S/C14H17F3N2O2S/c1-3-6-19(12(21)8-22-2)7-11(20)18-10-5-4-9(15)13(16)14(10)17/h4-5H,3,6-8H2,1-2H3,(H,18,20). The van der Waals surface area contributed by atoms with Crippen LogP contribution in [0.25, 0.3) is 0 Å². The molecule has 0 heterocycles. The van der Waals surface area contributed by atoms with Crippen LogP contribution in [0.1, 0.15) is 13.3 Å². The van der Waals surface area contributed by atoms with Crippen LogP contribution in [0.4, 0.5) is 18.9 Å². The number of hydrogen-bond donors (Lipinski definition) is 1. The Labute approximate surface area is 131 Å². The summed E-state index contributed by atoms with van der Waals surface area (Å²) >= 11 is 1.33. The van der Waals surface area contributed by atoms with Gasteiger partial charge in [-0.15, -0.1) is 0 Å². The van der Waals surface area contributed by atoms with Gasteiger partial charge in [0.25, 0.3) is 0 Å². The molecule has 4 nitrogen and oxygen atoms in total. The van der Waals surface area contributed by atoms with Crippen molar-refractivity contribution >= 4 is 29.3 Å². The lowest BCUT2D eigenvalue weighted by Gasteiger charge is -2.21. The Morgan fingerprint density at radius 3 is 2.50 bits per heavy atom. The fourth-order valence-corrected chi connectivity index (χ4v) is 2.19. The molecule has 1 aromatic carbocycles. The normalized spacial score (nSPS) is 10.4. The molecule has 0 saturated carbocycles. The molecule has 0 radical (unpaired) electrons. The Morgan fingerprint density at radius 2 is 1.91 bits per heavy atom. The third kappa shape index (κ3) is 4.94. The summed E-state index contributed by atoms with van der Waals surface area (Å²) in [5.41, 5.74) is -0.460. The monoisotopic (exact) mass is 334 g/mol. The molecule has 0 bridgehead atoms. The predicted molar refractivity (Wildman–Crippen MR) is 80.2 cm³/mol. The summed E-state index contributed by atoms with van der Waals surface area (Å²) in [7, 11) is 0. The largest absolute Gasteiger partial charge is 0.333 e. The van der Waals surface area contributed by atoms with Crippen LogP contribution in [0, 0.1) is 17.5 Å². The van der Waals surface area contributed by atoms with E-state index in [0.717, 1.165) is 12.1 Å². The molecule has 8 heteroatoms. The maximum absolute atomic E-state index is 13.5. The first-order chi connectivity index (χ1) is 10.4. The van der Waals surface area contributed by atoms with Crippen LogP contribution in [0.2, 0.25) is 0 Å². The van der Waals surface area contributed by atoms with Gasteiger partial charge in [-0.1, -0.05) is 6.92 Å². The number of amides is 2. The molecule has 1 rings (SSSR count). The highest BCUT2D eigenvalue weighted by molar-refractivity contribution is 7.99. The van der Waals surface area contributed by atoms with Gasteiger partial charge in [0.05, 0.1) is 18.0 Å². The van der Waals surface area contributed by atoms with Crippen molar-refractivity contribution in [1.82, 2.24) is 4.90 Å². The molecular weight excluding hydrogens is 317 g/mol. The van der Waals surface area contributed by atoms with E-state index in [1.54, 1.807) is 6.26 Å². The summed E-state index contributed by atoms with van der Waals surface area (Å²) in [5, 5.41) is 2.14. The SMILES string of the molecule is CCCN(CC(=O)Nc1ccc(F)c(F)c1F)C(=O)CSC. The number of carbonyl (C=O) groups is 2. The Balaban J connectivity index is 2.75. The summed E-state index contributed by atoms with van der Waals surface area (Å²) in [6.45, 7) is 1.96. The molecule has 0 fully saturated rings. The molecule has 122 valence electrons. The lowest BCUT2D eigenvalue weighted by molar-refractivity contribution is -0.132. The highest BCUT2D eigenvalue weighted by atomic mass is 32.2. The van der Waals surface area contributed by atoms with Gasteiger partial charge in [0.1, 0.15) is 0 Å². The van der Waals surface area contributed by atoms with Gasteiger partial charge < -0.3 is 10.2 Å². The van der Waals surface area contributed by atoms with Crippen molar-refractivity contribution in [1.29, 1.82) is 0 Å². The molecule has 1 aromatic rings. The Bertz CT molecular complexity index is 555. The Morgan fingerprint density at radius 1 is 1.23 bits per heavy atom. The van der Waals surface area contributed by atoms with Crippen LogP contribution >= 0.6 is 11.8 Å². The molecular formula is C14H17F3N2O2S. The summed E-state index contributed by atoms with van der Waals surface area (Å²) in [6, 6.07) is 1.65. The number of carbonyl (C=O) groups excluding carboxylic acids is 2. The molecule has 0 aromatic heterocycles. The first-order valence-electron chi connectivity index (χ1n) is 6.60. The van der Waals surface area contributed by atoms with Crippen LogP contribution in [0.15, 0.2) is 12.1 Å². The third-order valence-electron chi connectivity index (χ3n) is 2.76. The maximum atomic E-state index is 13.5. The number of thioether (sulfide) groups is 1. The van der Waals surface area contributed by atoms with Gasteiger partial charge in [-0.3, -0.25) is 9.59 Å². The van der Waals surface area contributed by atoms with Gasteiger partial charge in [-0.25, -0.2) is 13.2 Å². The van der Waals surface area contributed by atoms with E-state index in [0.29, 0.717) is 13.0 Å². The smallest absolute Gasteiger partial charge is 0.244 e. The van der Waals surface area contributed by atoms with Crippen LogP contribution in [-0.2, 0) is 9.59 Å². The van der Waals surface area contributed by atoms with E-state index in [1.807, 2.05) is 6.92 Å². The van der Waals surface area contributed by atoms with E-state index in [2.05, 4.69) is 5.32 Å².